The van der Waals surface area contributed by atoms with Crippen LogP contribution < -0.4 is 0 Å². The smallest absolute Gasteiger partial charge is 0.0900 e. The fraction of sp³-hybridized carbons (Fsp3) is 0.917. The van der Waals surface area contributed by atoms with E-state index in [1.165, 1.54) is 0 Å². The Morgan fingerprint density at radius 3 is 2.56 bits per heavy atom. The summed E-state index contributed by atoms with van der Waals surface area (Å²) in [4.78, 5) is 2.16. The highest BCUT2D eigenvalue weighted by atomic mass is 16.5. The van der Waals surface area contributed by atoms with Crippen LogP contribution in [0.15, 0.2) is 5.16 Å². The number of β-amino-alcohol motifs (C(OH)–C–C–N with tert-alkyl or cyclic N) is 1. The number of oxime groups is 1. The monoisotopic (exact) mass is 260 g/mol. The molecule has 0 aliphatic carbocycles. The molecule has 0 bridgehead atoms. The van der Waals surface area contributed by atoms with E-state index in [9.17, 15) is 5.11 Å². The van der Waals surface area contributed by atoms with Gasteiger partial charge in [0.2, 0.25) is 0 Å². The van der Waals surface area contributed by atoms with E-state index in [0.29, 0.717) is 19.8 Å². The average molecular weight is 260 g/mol. The van der Waals surface area contributed by atoms with Crippen LogP contribution in [0.25, 0.3) is 0 Å². The molecule has 6 heteroatoms. The number of ether oxygens (including phenoxy) is 2. The highest BCUT2D eigenvalue weighted by molar-refractivity contribution is 5.84. The van der Waals surface area contributed by atoms with Crippen molar-refractivity contribution in [1.82, 2.24) is 4.90 Å². The van der Waals surface area contributed by atoms with Gasteiger partial charge in [0.25, 0.3) is 0 Å². The van der Waals surface area contributed by atoms with Crippen LogP contribution in [-0.4, -0.2) is 73.1 Å². The number of rotatable bonds is 7. The summed E-state index contributed by atoms with van der Waals surface area (Å²) < 4.78 is 10.4. The molecule has 2 unspecified atom stereocenters. The topological polar surface area (TPSA) is 74.5 Å². The maximum Gasteiger partial charge on any atom is 0.0900 e. The lowest BCUT2D eigenvalue weighted by Crippen LogP contribution is -2.41. The Labute approximate surface area is 108 Å². The summed E-state index contributed by atoms with van der Waals surface area (Å²) in [6.45, 7) is 5.02. The molecule has 0 spiro atoms. The molecule has 1 aliphatic rings. The molecular formula is C12H24N2O4. The van der Waals surface area contributed by atoms with Crippen molar-refractivity contribution in [1.29, 1.82) is 0 Å². The second-order valence-electron chi connectivity index (χ2n) is 4.72. The van der Waals surface area contributed by atoms with Gasteiger partial charge >= 0.3 is 0 Å². The van der Waals surface area contributed by atoms with Gasteiger partial charge < -0.3 is 19.8 Å². The molecule has 106 valence electrons. The lowest BCUT2D eigenvalue weighted by Gasteiger charge is -2.29. The lowest BCUT2D eigenvalue weighted by atomic mass is 10.1. The number of likely N-dealkylation sites (tertiary alicyclic amines) is 1. The Kier molecular flexibility index (Phi) is 7.19. The van der Waals surface area contributed by atoms with Crippen LogP contribution in [0, 0.1) is 0 Å². The van der Waals surface area contributed by atoms with E-state index in [2.05, 4.69) is 10.1 Å². The van der Waals surface area contributed by atoms with Crippen molar-refractivity contribution in [3.63, 3.8) is 0 Å². The average Bonchev–Trinajstić information content (AvgIpc) is 2.38. The maximum absolute atomic E-state index is 9.85. The minimum atomic E-state index is -0.489. The summed E-state index contributed by atoms with van der Waals surface area (Å²) in [5, 5.41) is 21.7. The second-order valence-corrected chi connectivity index (χ2v) is 4.72. The van der Waals surface area contributed by atoms with Crippen molar-refractivity contribution in [2.75, 3.05) is 40.0 Å². The van der Waals surface area contributed by atoms with Crippen LogP contribution in [0.4, 0.5) is 0 Å². The lowest BCUT2D eigenvalue weighted by molar-refractivity contribution is -0.0397. The molecular weight excluding hydrogens is 236 g/mol. The molecule has 0 aromatic rings. The zero-order chi connectivity index (χ0) is 13.4. The van der Waals surface area contributed by atoms with E-state index >= 15 is 0 Å². The van der Waals surface area contributed by atoms with E-state index in [0.717, 1.165) is 31.6 Å². The summed E-state index contributed by atoms with van der Waals surface area (Å²) in [7, 11) is 1.63. The maximum atomic E-state index is 9.85. The first-order valence-electron chi connectivity index (χ1n) is 6.36. The van der Waals surface area contributed by atoms with Crippen molar-refractivity contribution in [2.45, 2.75) is 32.0 Å². The first-order chi connectivity index (χ1) is 8.65. The van der Waals surface area contributed by atoms with Gasteiger partial charge in [0.1, 0.15) is 0 Å². The molecule has 0 radical (unpaired) electrons. The van der Waals surface area contributed by atoms with E-state index < -0.39 is 6.10 Å². The third-order valence-electron chi connectivity index (χ3n) is 3.02. The summed E-state index contributed by atoms with van der Waals surface area (Å²) in [5.41, 5.74) is 0.839. The number of aliphatic hydroxyl groups is 1. The van der Waals surface area contributed by atoms with Gasteiger partial charge in [0.05, 0.1) is 31.1 Å². The van der Waals surface area contributed by atoms with E-state index in [-0.39, 0.29) is 6.10 Å². The van der Waals surface area contributed by atoms with E-state index in [1.54, 1.807) is 7.11 Å². The minimum Gasteiger partial charge on any atom is -0.411 e. The zero-order valence-corrected chi connectivity index (χ0v) is 11.2. The van der Waals surface area contributed by atoms with Crippen LogP contribution in [0.5, 0.6) is 0 Å². The number of hydrogen-bond donors (Lipinski definition) is 2. The molecule has 1 saturated heterocycles. The Bertz CT molecular complexity index is 250. The fourth-order valence-corrected chi connectivity index (χ4v) is 2.00. The minimum absolute atomic E-state index is 0.000805. The number of nitrogens with zero attached hydrogens (tertiary/aromatic N) is 2. The standard InChI is InChI=1S/C12H24N2O4/c1-10(8-17-2)18-9-12(15)7-14-5-3-11(13-16)4-6-14/h10,12,15-16H,3-9H2,1-2H3. The normalized spacial score (nSPS) is 20.7. The van der Waals surface area contributed by atoms with Crippen molar-refractivity contribution >= 4 is 5.71 Å². The molecule has 1 rings (SSSR count). The van der Waals surface area contributed by atoms with Crippen LogP contribution in [0.3, 0.4) is 0 Å². The summed E-state index contributed by atoms with van der Waals surface area (Å²) in [6.07, 6.45) is 1.05. The summed E-state index contributed by atoms with van der Waals surface area (Å²) >= 11 is 0. The summed E-state index contributed by atoms with van der Waals surface area (Å²) in [6, 6.07) is 0. The first kappa shape index (κ1) is 15.4. The fourth-order valence-electron chi connectivity index (χ4n) is 2.00. The molecule has 0 amide bonds. The Hall–Kier alpha value is -0.690. The van der Waals surface area contributed by atoms with Crippen LogP contribution in [0.1, 0.15) is 19.8 Å². The van der Waals surface area contributed by atoms with Gasteiger partial charge in [-0.1, -0.05) is 5.16 Å². The molecule has 0 aromatic heterocycles. The molecule has 0 saturated carbocycles. The second kappa shape index (κ2) is 8.42. The zero-order valence-electron chi connectivity index (χ0n) is 11.2. The van der Waals surface area contributed by atoms with Gasteiger partial charge in [-0.3, -0.25) is 4.90 Å². The van der Waals surface area contributed by atoms with Gasteiger partial charge in [-0.05, 0) is 6.92 Å². The van der Waals surface area contributed by atoms with Crippen molar-refractivity contribution in [3.8, 4) is 0 Å². The molecule has 1 fully saturated rings. The highest BCUT2D eigenvalue weighted by Gasteiger charge is 2.18. The van der Waals surface area contributed by atoms with E-state index in [4.69, 9.17) is 14.7 Å². The Balaban J connectivity index is 2.15. The van der Waals surface area contributed by atoms with Gasteiger partial charge in [0.15, 0.2) is 0 Å². The van der Waals surface area contributed by atoms with Gasteiger partial charge in [-0.15, -0.1) is 0 Å². The molecule has 6 nitrogen and oxygen atoms in total. The van der Waals surface area contributed by atoms with Crippen molar-refractivity contribution in [3.05, 3.63) is 0 Å². The molecule has 18 heavy (non-hydrogen) atoms. The predicted molar refractivity (Wildman–Crippen MR) is 68.2 cm³/mol. The molecule has 1 aliphatic heterocycles. The first-order valence-corrected chi connectivity index (χ1v) is 6.36. The van der Waals surface area contributed by atoms with Crippen LogP contribution in [0.2, 0.25) is 0 Å². The largest absolute Gasteiger partial charge is 0.411 e. The number of aliphatic hydroxyl groups excluding tert-OH is 1. The van der Waals surface area contributed by atoms with Gasteiger partial charge in [0, 0.05) is 39.6 Å². The predicted octanol–water partition coefficient (Wildman–Crippen LogP) is 0.325. The Morgan fingerprint density at radius 1 is 1.33 bits per heavy atom. The quantitative estimate of drug-likeness (QED) is 0.509. The molecule has 2 N–H and O–H groups in total. The van der Waals surface area contributed by atoms with Crippen molar-refractivity contribution < 1.29 is 19.8 Å². The molecule has 1 heterocycles. The summed E-state index contributed by atoms with van der Waals surface area (Å²) in [5.74, 6) is 0. The van der Waals surface area contributed by atoms with Gasteiger partial charge in [-0.25, -0.2) is 0 Å². The third kappa shape index (κ3) is 5.77. The Morgan fingerprint density at radius 2 is 2.00 bits per heavy atom. The third-order valence-corrected chi connectivity index (χ3v) is 3.02. The van der Waals surface area contributed by atoms with E-state index in [1.807, 2.05) is 6.92 Å². The molecule has 0 aromatic carbocycles. The number of piperidine rings is 1. The number of hydrogen-bond acceptors (Lipinski definition) is 6. The van der Waals surface area contributed by atoms with Crippen LogP contribution >= 0.6 is 0 Å². The van der Waals surface area contributed by atoms with Crippen molar-refractivity contribution in [2.24, 2.45) is 5.16 Å². The number of methoxy groups -OCH3 is 1. The highest BCUT2D eigenvalue weighted by Crippen LogP contribution is 2.08. The molecule has 2 atom stereocenters. The van der Waals surface area contributed by atoms with Crippen LogP contribution in [-0.2, 0) is 9.47 Å². The van der Waals surface area contributed by atoms with Gasteiger partial charge in [-0.2, -0.15) is 0 Å². The SMILES string of the molecule is COCC(C)OCC(O)CN1CCC(=NO)CC1.